The molecule has 7 aromatic rings. The highest BCUT2D eigenvalue weighted by molar-refractivity contribution is 6.32. The van der Waals surface area contributed by atoms with Crippen molar-refractivity contribution in [1.29, 1.82) is 0 Å². The Hall–Kier alpha value is -4.80. The van der Waals surface area contributed by atoms with Crippen LogP contribution in [0.1, 0.15) is 0 Å². The Bertz CT molecular complexity index is 1910. The highest BCUT2D eigenvalue weighted by atomic mass is 35.5. The van der Waals surface area contributed by atoms with Crippen LogP contribution in [0.15, 0.2) is 126 Å². The number of nitrogens with zero attached hydrogens (tertiary/aromatic N) is 3. The number of rotatable bonds is 4. The van der Waals surface area contributed by atoms with Crippen molar-refractivity contribution in [3.63, 3.8) is 0 Å². The first kappa shape index (κ1) is 22.4. The molecule has 0 aliphatic rings. The van der Waals surface area contributed by atoms with Gasteiger partial charge in [0.05, 0.1) is 5.56 Å². The molecule has 0 unspecified atom stereocenters. The number of halogens is 1. The smallest absolute Gasteiger partial charge is 0.167 e. The van der Waals surface area contributed by atoms with E-state index in [0.29, 0.717) is 28.1 Å². The SMILES string of the molecule is Clc1cc(-c2nc(-c3ccccc3)nc(-c3ccc(-c4ccccc4)cc3)n2)c2oc3ccccc3c2c1. The van der Waals surface area contributed by atoms with Crippen molar-refractivity contribution in [2.45, 2.75) is 0 Å². The van der Waals surface area contributed by atoms with Gasteiger partial charge < -0.3 is 4.42 Å². The maximum Gasteiger partial charge on any atom is 0.167 e. The molecule has 4 nitrogen and oxygen atoms in total. The second-order valence-corrected chi connectivity index (χ2v) is 9.48. The molecule has 0 bridgehead atoms. The summed E-state index contributed by atoms with van der Waals surface area (Å²) < 4.78 is 6.29. The van der Waals surface area contributed by atoms with Crippen molar-refractivity contribution in [2.24, 2.45) is 0 Å². The van der Waals surface area contributed by atoms with Crippen LogP contribution < -0.4 is 0 Å². The first-order valence-electron chi connectivity index (χ1n) is 12.3. The lowest BCUT2D eigenvalue weighted by Crippen LogP contribution is -2.00. The number of aromatic nitrogens is 3. The predicted molar refractivity (Wildman–Crippen MR) is 154 cm³/mol. The van der Waals surface area contributed by atoms with Crippen LogP contribution in [0.4, 0.5) is 0 Å². The molecule has 0 atom stereocenters. The lowest BCUT2D eigenvalue weighted by Gasteiger charge is -2.10. The lowest BCUT2D eigenvalue weighted by atomic mass is 10.0. The van der Waals surface area contributed by atoms with Crippen LogP contribution in [-0.4, -0.2) is 15.0 Å². The van der Waals surface area contributed by atoms with Gasteiger partial charge in [0.2, 0.25) is 0 Å². The van der Waals surface area contributed by atoms with Crippen LogP contribution in [0.25, 0.3) is 67.2 Å². The molecule has 5 aromatic carbocycles. The van der Waals surface area contributed by atoms with Crippen LogP contribution in [0, 0.1) is 0 Å². The first-order chi connectivity index (χ1) is 18.7. The third-order valence-corrected chi connectivity index (χ3v) is 6.82. The molecule has 0 N–H and O–H groups in total. The van der Waals surface area contributed by atoms with Crippen LogP contribution in [0.3, 0.4) is 0 Å². The van der Waals surface area contributed by atoms with Gasteiger partial charge in [0.1, 0.15) is 11.2 Å². The van der Waals surface area contributed by atoms with E-state index in [-0.39, 0.29) is 0 Å². The molecular formula is C33H20ClN3O. The summed E-state index contributed by atoms with van der Waals surface area (Å²) >= 11 is 6.61. The van der Waals surface area contributed by atoms with Gasteiger partial charge in [-0.25, -0.2) is 15.0 Å². The summed E-state index contributed by atoms with van der Waals surface area (Å²) in [6, 6.07) is 40.2. The molecule has 0 aliphatic carbocycles. The van der Waals surface area contributed by atoms with E-state index in [2.05, 4.69) is 24.3 Å². The molecule has 2 aromatic heterocycles. The molecular weight excluding hydrogens is 490 g/mol. The molecule has 0 saturated heterocycles. The standard InChI is InChI=1S/C33H20ClN3O/c34-25-19-27-26-13-7-8-14-29(26)38-30(27)28(20-25)33-36-31(23-11-5-2-6-12-23)35-32(37-33)24-17-15-22(16-18-24)21-9-3-1-4-10-21/h1-20H. The maximum absolute atomic E-state index is 6.61. The van der Waals surface area contributed by atoms with Gasteiger partial charge in [0.25, 0.3) is 0 Å². The van der Waals surface area contributed by atoms with Gasteiger partial charge in [-0.2, -0.15) is 0 Å². The molecule has 180 valence electrons. The second-order valence-electron chi connectivity index (χ2n) is 9.04. The first-order valence-corrected chi connectivity index (χ1v) is 12.7. The van der Waals surface area contributed by atoms with Gasteiger partial charge in [-0.3, -0.25) is 0 Å². The zero-order valence-electron chi connectivity index (χ0n) is 20.2. The quantitative estimate of drug-likeness (QED) is 0.237. The molecule has 0 aliphatic heterocycles. The predicted octanol–water partition coefficient (Wildman–Crippen LogP) is 9.09. The molecule has 0 spiro atoms. The summed E-state index contributed by atoms with van der Waals surface area (Å²) in [5.41, 5.74) is 6.31. The summed E-state index contributed by atoms with van der Waals surface area (Å²) in [4.78, 5) is 14.7. The lowest BCUT2D eigenvalue weighted by molar-refractivity contribution is 0.669. The van der Waals surface area contributed by atoms with Gasteiger partial charge in [-0.15, -0.1) is 0 Å². The molecule has 0 fully saturated rings. The summed E-state index contributed by atoms with van der Waals surface area (Å²) in [5.74, 6) is 1.67. The molecule has 5 heteroatoms. The average Bonchev–Trinajstić information content (AvgIpc) is 3.36. The number of benzene rings is 5. The number of fused-ring (bicyclic) bond motifs is 3. The third-order valence-electron chi connectivity index (χ3n) is 6.60. The number of hydrogen-bond donors (Lipinski definition) is 0. The maximum atomic E-state index is 6.61. The van der Waals surface area contributed by atoms with Crippen molar-refractivity contribution in [3.8, 4) is 45.3 Å². The minimum Gasteiger partial charge on any atom is -0.455 e. The minimum atomic E-state index is 0.507. The van der Waals surface area contributed by atoms with Gasteiger partial charge in [0.15, 0.2) is 17.5 Å². The molecule has 0 radical (unpaired) electrons. The zero-order valence-corrected chi connectivity index (χ0v) is 20.9. The van der Waals surface area contributed by atoms with Crippen molar-refractivity contribution >= 4 is 33.5 Å². The number of furan rings is 1. The Morgan fingerprint density at radius 3 is 1.71 bits per heavy atom. The Morgan fingerprint density at radius 1 is 0.474 bits per heavy atom. The van der Waals surface area contributed by atoms with Crippen LogP contribution in [-0.2, 0) is 0 Å². The fourth-order valence-corrected chi connectivity index (χ4v) is 4.96. The zero-order chi connectivity index (χ0) is 25.5. The third kappa shape index (κ3) is 4.01. The monoisotopic (exact) mass is 509 g/mol. The van der Waals surface area contributed by atoms with Gasteiger partial charge in [0, 0.05) is 26.9 Å². The number of para-hydroxylation sites is 1. The molecule has 2 heterocycles. The van der Waals surface area contributed by atoms with Crippen molar-refractivity contribution in [1.82, 2.24) is 15.0 Å². The molecule has 0 saturated carbocycles. The van der Waals surface area contributed by atoms with Gasteiger partial charge in [-0.1, -0.05) is 115 Å². The average molecular weight is 510 g/mol. The van der Waals surface area contributed by atoms with Gasteiger partial charge in [-0.05, 0) is 29.3 Å². The van der Waals surface area contributed by atoms with E-state index in [0.717, 1.165) is 44.2 Å². The second kappa shape index (κ2) is 9.25. The highest BCUT2D eigenvalue weighted by Gasteiger charge is 2.18. The Labute approximate surface area is 224 Å². The summed E-state index contributed by atoms with van der Waals surface area (Å²) in [7, 11) is 0. The van der Waals surface area contributed by atoms with E-state index in [4.69, 9.17) is 31.0 Å². The summed E-state index contributed by atoms with van der Waals surface area (Å²) in [5, 5.41) is 2.52. The Morgan fingerprint density at radius 2 is 1.00 bits per heavy atom. The normalized spacial score (nSPS) is 11.3. The largest absolute Gasteiger partial charge is 0.455 e. The van der Waals surface area contributed by atoms with E-state index >= 15 is 0 Å². The van der Waals surface area contributed by atoms with E-state index in [1.165, 1.54) is 0 Å². The van der Waals surface area contributed by atoms with Crippen molar-refractivity contribution in [2.75, 3.05) is 0 Å². The fraction of sp³-hybridized carbons (Fsp3) is 0. The fourth-order valence-electron chi connectivity index (χ4n) is 4.74. The summed E-state index contributed by atoms with van der Waals surface area (Å²) in [6.07, 6.45) is 0. The summed E-state index contributed by atoms with van der Waals surface area (Å²) in [6.45, 7) is 0. The van der Waals surface area contributed by atoms with E-state index in [1.54, 1.807) is 0 Å². The highest BCUT2D eigenvalue weighted by Crippen LogP contribution is 2.38. The van der Waals surface area contributed by atoms with E-state index < -0.39 is 0 Å². The van der Waals surface area contributed by atoms with Crippen molar-refractivity contribution < 1.29 is 4.42 Å². The molecule has 38 heavy (non-hydrogen) atoms. The van der Waals surface area contributed by atoms with Crippen LogP contribution in [0.2, 0.25) is 5.02 Å². The molecule has 7 rings (SSSR count). The van der Waals surface area contributed by atoms with E-state index in [9.17, 15) is 0 Å². The Kier molecular flexibility index (Phi) is 5.46. The minimum absolute atomic E-state index is 0.507. The van der Waals surface area contributed by atoms with Crippen LogP contribution >= 0.6 is 11.6 Å². The number of hydrogen-bond acceptors (Lipinski definition) is 4. The van der Waals surface area contributed by atoms with Crippen LogP contribution in [0.5, 0.6) is 0 Å². The van der Waals surface area contributed by atoms with E-state index in [1.807, 2.05) is 97.1 Å². The van der Waals surface area contributed by atoms with Crippen molar-refractivity contribution in [3.05, 3.63) is 126 Å². The molecule has 0 amide bonds. The Balaban J connectivity index is 1.43. The van der Waals surface area contributed by atoms with Gasteiger partial charge >= 0.3 is 0 Å². The topological polar surface area (TPSA) is 51.8 Å².